The van der Waals surface area contributed by atoms with Crippen molar-refractivity contribution in [1.82, 2.24) is 4.90 Å². The Morgan fingerprint density at radius 3 is 1.68 bits per heavy atom. The normalized spacial score (nSPS) is 11.7. The van der Waals surface area contributed by atoms with Gasteiger partial charge in [0.1, 0.15) is 0 Å². The average molecular weight is 340 g/mol. The summed E-state index contributed by atoms with van der Waals surface area (Å²) in [7, 11) is 0. The molecule has 0 heterocycles. The van der Waals surface area contributed by atoms with Crippen LogP contribution in [0.2, 0.25) is 0 Å². The van der Waals surface area contributed by atoms with Crippen LogP contribution in [0.1, 0.15) is 64.5 Å². The van der Waals surface area contributed by atoms with Gasteiger partial charge in [-0.05, 0) is 30.0 Å². The molecule has 0 N–H and O–H groups in total. The minimum absolute atomic E-state index is 0.823. The van der Waals surface area contributed by atoms with Gasteiger partial charge in [-0.15, -0.1) is 0 Å². The van der Waals surface area contributed by atoms with Crippen LogP contribution >= 0.6 is 0 Å². The Bertz CT molecular complexity index is 479. The number of unbranched alkanes of at least 4 members (excludes halogenated alkanes) is 1. The van der Waals surface area contributed by atoms with Crippen molar-refractivity contribution in [2.45, 2.75) is 66.5 Å². The minimum atomic E-state index is 0.823. The average Bonchev–Trinajstić information content (AvgIpc) is 2.67. The summed E-state index contributed by atoms with van der Waals surface area (Å²) in [4.78, 5) is 2.59. The molecular weight excluding hydrogens is 302 g/mol. The van der Waals surface area contributed by atoms with Crippen molar-refractivity contribution >= 4 is 0 Å². The molecule has 0 amide bonds. The fourth-order valence-electron chi connectivity index (χ4n) is 3.00. The van der Waals surface area contributed by atoms with Gasteiger partial charge in [-0.25, -0.2) is 0 Å². The Kier molecular flexibility index (Phi) is 11.7. The predicted octanol–water partition coefficient (Wildman–Crippen LogP) is 6.93. The van der Waals surface area contributed by atoms with E-state index in [2.05, 4.69) is 79.4 Å². The van der Waals surface area contributed by atoms with Crippen molar-refractivity contribution in [3.63, 3.8) is 0 Å². The van der Waals surface area contributed by atoms with Crippen molar-refractivity contribution in [3.8, 4) is 0 Å². The second kappa shape index (κ2) is 13.7. The van der Waals surface area contributed by atoms with Gasteiger partial charge in [0.2, 0.25) is 0 Å². The quantitative estimate of drug-likeness (QED) is 0.453. The lowest BCUT2D eigenvalue weighted by Crippen LogP contribution is -2.25. The number of benzene rings is 2. The maximum Gasteiger partial charge on any atom is 0.0237 e. The van der Waals surface area contributed by atoms with Crippen LogP contribution in [0.15, 0.2) is 60.7 Å². The summed E-state index contributed by atoms with van der Waals surface area (Å²) in [5, 5.41) is 0. The Morgan fingerprint density at radius 1 is 0.760 bits per heavy atom. The largest absolute Gasteiger partial charge is 0.295 e. The third kappa shape index (κ3) is 9.45. The van der Waals surface area contributed by atoms with Crippen LogP contribution in [-0.2, 0) is 13.1 Å². The van der Waals surface area contributed by atoms with E-state index in [9.17, 15) is 0 Å². The zero-order valence-electron chi connectivity index (χ0n) is 16.7. The van der Waals surface area contributed by atoms with Crippen molar-refractivity contribution in [2.24, 2.45) is 5.92 Å². The van der Waals surface area contributed by atoms with Crippen molar-refractivity contribution in [2.75, 3.05) is 6.54 Å². The van der Waals surface area contributed by atoms with Crippen LogP contribution in [-0.4, -0.2) is 11.4 Å². The highest BCUT2D eigenvalue weighted by Crippen LogP contribution is 2.16. The van der Waals surface area contributed by atoms with Crippen LogP contribution in [0.3, 0.4) is 0 Å². The smallest absolute Gasteiger partial charge is 0.0237 e. The van der Waals surface area contributed by atoms with E-state index in [0.29, 0.717) is 0 Å². The van der Waals surface area contributed by atoms with Crippen molar-refractivity contribution in [1.29, 1.82) is 0 Å². The zero-order valence-corrected chi connectivity index (χ0v) is 16.7. The van der Waals surface area contributed by atoms with Crippen LogP contribution in [0, 0.1) is 5.92 Å². The van der Waals surface area contributed by atoms with Gasteiger partial charge in [0.25, 0.3) is 0 Å². The molecule has 0 aliphatic heterocycles. The van der Waals surface area contributed by atoms with Crippen LogP contribution < -0.4 is 0 Å². The summed E-state index contributed by atoms with van der Waals surface area (Å²) in [6, 6.07) is 21.7. The SMILES string of the molecule is CC.CCCCC(C)CCN(Cc1ccccc1)Cc1ccccc1. The lowest BCUT2D eigenvalue weighted by molar-refractivity contribution is 0.235. The van der Waals surface area contributed by atoms with E-state index >= 15 is 0 Å². The summed E-state index contributed by atoms with van der Waals surface area (Å²) < 4.78 is 0. The molecule has 0 fully saturated rings. The second-order valence-corrected chi connectivity index (χ2v) is 6.72. The first-order chi connectivity index (χ1) is 12.3. The third-order valence-electron chi connectivity index (χ3n) is 4.49. The molecule has 2 aromatic carbocycles. The van der Waals surface area contributed by atoms with E-state index in [4.69, 9.17) is 0 Å². The molecule has 1 nitrogen and oxygen atoms in total. The number of nitrogens with zero attached hydrogens (tertiary/aromatic N) is 1. The Hall–Kier alpha value is -1.60. The highest BCUT2D eigenvalue weighted by atomic mass is 15.1. The van der Waals surface area contributed by atoms with E-state index < -0.39 is 0 Å². The molecule has 138 valence electrons. The molecule has 0 saturated heterocycles. The molecule has 0 aliphatic carbocycles. The molecule has 2 rings (SSSR count). The van der Waals surface area contributed by atoms with Crippen LogP contribution in [0.25, 0.3) is 0 Å². The van der Waals surface area contributed by atoms with Crippen molar-refractivity contribution in [3.05, 3.63) is 71.8 Å². The highest BCUT2D eigenvalue weighted by Gasteiger charge is 2.10. The predicted molar refractivity (Wildman–Crippen MR) is 112 cm³/mol. The van der Waals surface area contributed by atoms with Crippen LogP contribution in [0.4, 0.5) is 0 Å². The minimum Gasteiger partial charge on any atom is -0.295 e. The first-order valence-electron chi connectivity index (χ1n) is 10.1. The fourth-order valence-corrected chi connectivity index (χ4v) is 3.00. The lowest BCUT2D eigenvalue weighted by Gasteiger charge is -2.24. The van der Waals surface area contributed by atoms with E-state index in [1.54, 1.807) is 0 Å². The Labute approximate surface area is 156 Å². The van der Waals surface area contributed by atoms with Gasteiger partial charge in [0, 0.05) is 13.1 Å². The van der Waals surface area contributed by atoms with E-state index in [1.807, 2.05) is 13.8 Å². The lowest BCUT2D eigenvalue weighted by atomic mass is 10.0. The van der Waals surface area contributed by atoms with E-state index in [-0.39, 0.29) is 0 Å². The highest BCUT2D eigenvalue weighted by molar-refractivity contribution is 5.17. The number of hydrogen-bond donors (Lipinski definition) is 0. The van der Waals surface area contributed by atoms with Gasteiger partial charge in [0.05, 0.1) is 0 Å². The molecular formula is C24H37N. The topological polar surface area (TPSA) is 3.24 Å². The number of hydrogen-bond acceptors (Lipinski definition) is 1. The van der Waals surface area contributed by atoms with Gasteiger partial charge in [-0.2, -0.15) is 0 Å². The first kappa shape index (κ1) is 21.4. The first-order valence-corrected chi connectivity index (χ1v) is 10.1. The second-order valence-electron chi connectivity index (χ2n) is 6.72. The molecule has 1 unspecified atom stereocenters. The van der Waals surface area contributed by atoms with Gasteiger partial charge >= 0.3 is 0 Å². The van der Waals surface area contributed by atoms with E-state index in [1.165, 1.54) is 43.4 Å². The molecule has 0 aromatic heterocycles. The Morgan fingerprint density at radius 2 is 1.24 bits per heavy atom. The summed E-state index contributed by atoms with van der Waals surface area (Å²) >= 11 is 0. The monoisotopic (exact) mass is 339 g/mol. The maximum atomic E-state index is 2.59. The molecule has 2 aromatic rings. The van der Waals surface area contributed by atoms with Crippen molar-refractivity contribution < 1.29 is 0 Å². The molecule has 1 heteroatoms. The van der Waals surface area contributed by atoms with Gasteiger partial charge < -0.3 is 0 Å². The molecule has 0 radical (unpaired) electrons. The summed E-state index contributed by atoms with van der Waals surface area (Å²) in [5.74, 6) is 0.823. The Balaban J connectivity index is 0.00000151. The van der Waals surface area contributed by atoms with E-state index in [0.717, 1.165) is 19.0 Å². The fraction of sp³-hybridized carbons (Fsp3) is 0.500. The molecule has 0 saturated carbocycles. The summed E-state index contributed by atoms with van der Waals surface area (Å²) in [6.45, 7) is 11.9. The van der Waals surface area contributed by atoms with Gasteiger partial charge in [0.15, 0.2) is 0 Å². The summed E-state index contributed by atoms with van der Waals surface area (Å²) in [6.07, 6.45) is 5.32. The maximum absolute atomic E-state index is 2.59. The molecule has 1 atom stereocenters. The van der Waals surface area contributed by atoms with Gasteiger partial charge in [-0.1, -0.05) is 108 Å². The zero-order chi connectivity index (χ0) is 18.3. The van der Waals surface area contributed by atoms with Crippen LogP contribution in [0.5, 0.6) is 0 Å². The standard InChI is InChI=1S/C22H31N.C2H6/c1-3-4-11-20(2)16-17-23(18-21-12-7-5-8-13-21)19-22-14-9-6-10-15-22;1-2/h5-10,12-15,20H,3-4,11,16-19H2,1-2H3;1-2H3. The molecule has 0 bridgehead atoms. The number of rotatable bonds is 10. The third-order valence-corrected chi connectivity index (χ3v) is 4.49. The molecule has 0 spiro atoms. The summed E-state index contributed by atoms with van der Waals surface area (Å²) in [5.41, 5.74) is 2.81. The van der Waals surface area contributed by atoms with Gasteiger partial charge in [-0.3, -0.25) is 4.90 Å². The molecule has 0 aliphatic rings. The molecule has 25 heavy (non-hydrogen) atoms.